The van der Waals surface area contributed by atoms with E-state index < -0.39 is 12.2 Å². The summed E-state index contributed by atoms with van der Waals surface area (Å²) in [6, 6.07) is 18.8. The number of hydrazine groups is 1. The Morgan fingerprint density at radius 3 is 2.39 bits per heavy atom. The van der Waals surface area contributed by atoms with Crippen LogP contribution < -0.4 is 5.32 Å². The fraction of sp³-hybridized carbons (Fsp3) is 0.393. The van der Waals surface area contributed by atoms with Gasteiger partial charge in [0.05, 0.1) is 13.1 Å². The van der Waals surface area contributed by atoms with Crippen LogP contribution in [-0.4, -0.2) is 70.0 Å². The maximum absolute atomic E-state index is 13.8. The number of piperazine rings is 1. The van der Waals surface area contributed by atoms with Crippen molar-refractivity contribution < 1.29 is 14.4 Å². The molecule has 2 aromatic rings. The van der Waals surface area contributed by atoms with E-state index in [9.17, 15) is 14.4 Å². The van der Waals surface area contributed by atoms with Gasteiger partial charge >= 0.3 is 6.03 Å². The van der Waals surface area contributed by atoms with E-state index in [0.29, 0.717) is 19.6 Å². The molecule has 2 fully saturated rings. The molecule has 0 bridgehead atoms. The second-order valence-corrected chi connectivity index (χ2v) is 9.72. The summed E-state index contributed by atoms with van der Waals surface area (Å²) >= 11 is 0. The summed E-state index contributed by atoms with van der Waals surface area (Å²) in [4.78, 5) is 43.7. The number of rotatable bonds is 6. The molecule has 2 aromatic carbocycles. The minimum Gasteiger partial charge on any atom is -0.333 e. The van der Waals surface area contributed by atoms with E-state index in [1.165, 1.54) is 5.01 Å². The molecule has 5 rings (SSSR count). The molecule has 0 saturated carbocycles. The van der Waals surface area contributed by atoms with Gasteiger partial charge in [0.15, 0.2) is 0 Å². The van der Waals surface area contributed by atoms with Crippen molar-refractivity contribution in [3.63, 3.8) is 0 Å². The maximum Gasteiger partial charge on any atom is 0.332 e. The zero-order valence-corrected chi connectivity index (χ0v) is 20.6. The fourth-order valence-corrected chi connectivity index (χ4v) is 5.50. The summed E-state index contributed by atoms with van der Waals surface area (Å²) in [5, 5.41) is 6.24. The number of nitrogens with one attached hydrogen (secondary N) is 1. The molecule has 8 nitrogen and oxygen atoms in total. The fourth-order valence-electron chi connectivity index (χ4n) is 5.50. The summed E-state index contributed by atoms with van der Waals surface area (Å²) < 4.78 is 0. The Labute approximate surface area is 212 Å². The SMILES string of the molecule is CN(C(=O)NCc1ccccc1)N1CC(=O)N2C1CN(Cc1ccccc1)C(=O)[C@@H]2C1C=CCCC1. The quantitative estimate of drug-likeness (QED) is 0.636. The van der Waals surface area contributed by atoms with Gasteiger partial charge in [-0.05, 0) is 30.4 Å². The molecule has 0 aromatic heterocycles. The molecule has 2 heterocycles. The molecule has 2 aliphatic heterocycles. The molecule has 2 unspecified atom stereocenters. The first kappa shape index (κ1) is 24.1. The summed E-state index contributed by atoms with van der Waals surface area (Å²) in [5.41, 5.74) is 2.04. The molecule has 3 atom stereocenters. The van der Waals surface area contributed by atoms with Gasteiger partial charge in [0.25, 0.3) is 0 Å². The molecule has 0 spiro atoms. The molecule has 3 aliphatic rings. The molecular formula is C28H33N5O3. The lowest BCUT2D eigenvalue weighted by atomic mass is 9.86. The molecule has 1 aliphatic carbocycles. The lowest BCUT2D eigenvalue weighted by molar-refractivity contribution is -0.159. The molecule has 188 valence electrons. The molecule has 4 amide bonds. The number of hydrogen-bond acceptors (Lipinski definition) is 4. The van der Waals surface area contributed by atoms with Crippen molar-refractivity contribution >= 4 is 17.8 Å². The van der Waals surface area contributed by atoms with Crippen molar-refractivity contribution in [1.29, 1.82) is 0 Å². The number of nitrogens with zero attached hydrogens (tertiary/aromatic N) is 4. The molecule has 36 heavy (non-hydrogen) atoms. The predicted octanol–water partition coefficient (Wildman–Crippen LogP) is 2.98. The summed E-state index contributed by atoms with van der Waals surface area (Å²) in [7, 11) is 1.69. The van der Waals surface area contributed by atoms with Crippen LogP contribution in [0, 0.1) is 5.92 Å². The average molecular weight is 488 g/mol. The number of fused-ring (bicyclic) bond motifs is 1. The van der Waals surface area contributed by atoms with Crippen LogP contribution in [0.4, 0.5) is 4.79 Å². The van der Waals surface area contributed by atoms with Gasteiger partial charge < -0.3 is 15.1 Å². The second-order valence-electron chi connectivity index (χ2n) is 9.72. The van der Waals surface area contributed by atoms with Crippen LogP contribution in [0.25, 0.3) is 0 Å². The third kappa shape index (κ3) is 4.86. The van der Waals surface area contributed by atoms with Crippen LogP contribution in [0.1, 0.15) is 30.4 Å². The molecule has 1 N–H and O–H groups in total. The average Bonchev–Trinajstić information content (AvgIpc) is 3.24. The standard InChI is InChI=1S/C28H33N5O3/c1-30(28(36)29-17-21-11-5-2-6-12-21)32-20-25(34)33-24(32)19-31(18-22-13-7-3-8-14-22)27(35)26(33)23-15-9-4-10-16-23/h2-3,5-9,11-15,23-24,26H,4,10,16-20H2,1H3,(H,29,36)/t23?,24?,26-/m0/s1. The Balaban J connectivity index is 1.38. The van der Waals surface area contributed by atoms with Gasteiger partial charge in [-0.25, -0.2) is 4.79 Å². The molecule has 8 heteroatoms. The summed E-state index contributed by atoms with van der Waals surface area (Å²) in [6.45, 7) is 1.29. The normalized spacial score (nSPS) is 24.1. The minimum atomic E-state index is -0.553. The van der Waals surface area contributed by atoms with Crippen LogP contribution in [0.5, 0.6) is 0 Å². The highest BCUT2D eigenvalue weighted by molar-refractivity contribution is 5.92. The van der Waals surface area contributed by atoms with Crippen molar-refractivity contribution in [2.45, 2.75) is 44.6 Å². The van der Waals surface area contributed by atoms with Gasteiger partial charge in [-0.15, -0.1) is 0 Å². The minimum absolute atomic E-state index is 0.0157. The van der Waals surface area contributed by atoms with Gasteiger partial charge in [0.1, 0.15) is 12.2 Å². The highest BCUT2D eigenvalue weighted by Crippen LogP contribution is 2.34. The predicted molar refractivity (Wildman–Crippen MR) is 136 cm³/mol. The van der Waals surface area contributed by atoms with Gasteiger partial charge in [0, 0.05) is 26.1 Å². The first-order valence-electron chi connectivity index (χ1n) is 12.7. The van der Waals surface area contributed by atoms with E-state index in [2.05, 4.69) is 17.5 Å². The smallest absolute Gasteiger partial charge is 0.332 e. The van der Waals surface area contributed by atoms with E-state index in [-0.39, 0.29) is 30.3 Å². The van der Waals surface area contributed by atoms with Crippen LogP contribution >= 0.6 is 0 Å². The Kier molecular flexibility index (Phi) is 7.04. The number of amides is 4. The van der Waals surface area contributed by atoms with E-state index in [1.807, 2.05) is 65.6 Å². The molecule has 0 radical (unpaired) electrons. The van der Waals surface area contributed by atoms with Crippen molar-refractivity contribution in [1.82, 2.24) is 25.1 Å². The lowest BCUT2D eigenvalue weighted by Gasteiger charge is -2.47. The zero-order valence-electron chi connectivity index (χ0n) is 20.6. The van der Waals surface area contributed by atoms with Crippen molar-refractivity contribution in [3.8, 4) is 0 Å². The topological polar surface area (TPSA) is 76.2 Å². The molecular weight excluding hydrogens is 454 g/mol. The third-order valence-corrected chi connectivity index (χ3v) is 7.38. The first-order valence-corrected chi connectivity index (χ1v) is 12.7. The number of carbonyl (C=O) groups excluding carboxylic acids is 3. The van der Waals surface area contributed by atoms with Gasteiger partial charge in [-0.1, -0.05) is 72.8 Å². The number of hydrogen-bond donors (Lipinski definition) is 1. The van der Waals surface area contributed by atoms with Gasteiger partial charge in [0.2, 0.25) is 11.8 Å². The zero-order chi connectivity index (χ0) is 25.1. The summed E-state index contributed by atoms with van der Waals surface area (Å²) in [5.74, 6) is -0.147. The highest BCUT2D eigenvalue weighted by Gasteiger charge is 2.53. The van der Waals surface area contributed by atoms with Crippen LogP contribution in [0.3, 0.4) is 0 Å². The summed E-state index contributed by atoms with van der Waals surface area (Å²) in [6.07, 6.45) is 6.69. The Morgan fingerprint density at radius 1 is 1.03 bits per heavy atom. The van der Waals surface area contributed by atoms with Gasteiger partial charge in [-0.3, -0.25) is 14.6 Å². The van der Waals surface area contributed by atoms with Crippen LogP contribution in [0.15, 0.2) is 72.8 Å². The Bertz CT molecular complexity index is 1120. The largest absolute Gasteiger partial charge is 0.333 e. The van der Waals surface area contributed by atoms with E-state index in [1.54, 1.807) is 17.0 Å². The van der Waals surface area contributed by atoms with E-state index in [4.69, 9.17) is 0 Å². The Morgan fingerprint density at radius 2 is 1.72 bits per heavy atom. The van der Waals surface area contributed by atoms with Crippen molar-refractivity contribution in [3.05, 3.63) is 83.9 Å². The Hall–Kier alpha value is -3.65. The third-order valence-electron chi connectivity index (χ3n) is 7.38. The van der Waals surface area contributed by atoms with Crippen molar-refractivity contribution in [2.24, 2.45) is 5.92 Å². The van der Waals surface area contributed by atoms with Crippen LogP contribution in [0.2, 0.25) is 0 Å². The highest BCUT2D eigenvalue weighted by atomic mass is 16.2. The second kappa shape index (κ2) is 10.5. The molecule has 2 saturated heterocycles. The number of benzene rings is 2. The monoisotopic (exact) mass is 487 g/mol. The van der Waals surface area contributed by atoms with Crippen LogP contribution in [-0.2, 0) is 22.7 Å². The van der Waals surface area contributed by atoms with Crippen molar-refractivity contribution in [2.75, 3.05) is 20.1 Å². The van der Waals surface area contributed by atoms with E-state index in [0.717, 1.165) is 30.4 Å². The number of urea groups is 1. The lowest BCUT2D eigenvalue weighted by Crippen LogP contribution is -2.66. The van der Waals surface area contributed by atoms with Gasteiger partial charge in [-0.2, -0.15) is 5.01 Å². The number of allylic oxidation sites excluding steroid dienone is 1. The number of carbonyl (C=O) groups is 3. The maximum atomic E-state index is 13.8. The van der Waals surface area contributed by atoms with E-state index >= 15 is 0 Å². The first-order chi connectivity index (χ1) is 17.5.